The van der Waals surface area contributed by atoms with Crippen LogP contribution in [0.1, 0.15) is 17.1 Å². The number of alkyl halides is 2. The molecule has 0 saturated carbocycles. The Bertz CT molecular complexity index is 574. The zero-order valence-electron chi connectivity index (χ0n) is 10.8. The van der Waals surface area contributed by atoms with E-state index < -0.39 is 5.76 Å². The number of anilines is 1. The van der Waals surface area contributed by atoms with Gasteiger partial charge in [0.1, 0.15) is 11.5 Å². The summed E-state index contributed by atoms with van der Waals surface area (Å²) >= 11 is 3.98. The van der Waals surface area contributed by atoms with Gasteiger partial charge in [0.05, 0.1) is 12.3 Å². The molecule has 2 aromatic rings. The Morgan fingerprint density at radius 2 is 2.00 bits per heavy atom. The molecule has 0 saturated heterocycles. The van der Waals surface area contributed by atoms with Gasteiger partial charge < -0.3 is 9.73 Å². The number of aryl methyl sites for hydroxylation is 1. The van der Waals surface area contributed by atoms with Crippen LogP contribution in [0.3, 0.4) is 0 Å². The number of hydrogen-bond acceptors (Lipinski definition) is 3. The van der Waals surface area contributed by atoms with Gasteiger partial charge in [-0.1, -0.05) is 27.7 Å². The number of thioether (sulfide) groups is 1. The molecule has 6 heteroatoms. The molecule has 0 unspecified atom stereocenters. The third-order valence-corrected chi connectivity index (χ3v) is 3.91. The van der Waals surface area contributed by atoms with Crippen molar-refractivity contribution in [3.8, 4) is 0 Å². The van der Waals surface area contributed by atoms with Crippen molar-refractivity contribution in [1.82, 2.24) is 0 Å². The minimum absolute atomic E-state index is 0.189. The van der Waals surface area contributed by atoms with Crippen molar-refractivity contribution in [2.24, 2.45) is 0 Å². The Hall–Kier alpha value is -1.01. The molecule has 0 fully saturated rings. The summed E-state index contributed by atoms with van der Waals surface area (Å²) in [6.45, 7) is 2.54. The van der Waals surface area contributed by atoms with Crippen LogP contribution in [0.5, 0.6) is 0 Å². The molecule has 0 aliphatic rings. The zero-order chi connectivity index (χ0) is 14.5. The van der Waals surface area contributed by atoms with Crippen molar-refractivity contribution in [1.29, 1.82) is 0 Å². The molecule has 1 aromatic carbocycles. The van der Waals surface area contributed by atoms with Crippen molar-refractivity contribution >= 4 is 33.4 Å². The second-order valence-electron chi connectivity index (χ2n) is 4.25. The lowest BCUT2D eigenvalue weighted by molar-refractivity contribution is 0.251. The third kappa shape index (κ3) is 4.52. The summed E-state index contributed by atoms with van der Waals surface area (Å²) in [4.78, 5) is 0. The van der Waals surface area contributed by atoms with E-state index in [1.165, 1.54) is 0 Å². The Morgan fingerprint density at radius 3 is 2.70 bits per heavy atom. The summed E-state index contributed by atoms with van der Waals surface area (Å²) in [6, 6.07) is 9.51. The van der Waals surface area contributed by atoms with Crippen LogP contribution in [0.4, 0.5) is 14.5 Å². The van der Waals surface area contributed by atoms with Crippen LogP contribution < -0.4 is 5.32 Å². The van der Waals surface area contributed by atoms with Gasteiger partial charge in [-0.3, -0.25) is 0 Å². The van der Waals surface area contributed by atoms with E-state index in [4.69, 9.17) is 4.42 Å². The number of nitrogens with one attached hydrogen (secondary N) is 1. The van der Waals surface area contributed by atoms with Crippen LogP contribution in [0.25, 0.3) is 0 Å². The summed E-state index contributed by atoms with van der Waals surface area (Å²) in [6.07, 6.45) is 0. The topological polar surface area (TPSA) is 25.2 Å². The number of hydrogen-bond donors (Lipinski definition) is 1. The van der Waals surface area contributed by atoms with Crippen LogP contribution in [0, 0.1) is 6.92 Å². The molecule has 1 N–H and O–H groups in total. The SMILES string of the molecule is Cc1cc(Br)ccc1NCc1ccc(CSC(F)F)o1. The lowest BCUT2D eigenvalue weighted by atomic mass is 10.2. The van der Waals surface area contributed by atoms with Crippen LogP contribution in [-0.4, -0.2) is 5.76 Å². The predicted octanol–water partition coefficient (Wildman–Crippen LogP) is 5.42. The second kappa shape index (κ2) is 7.13. The standard InChI is InChI=1S/C14H14BrF2NOS/c1-9-6-10(15)2-5-13(9)18-7-11-3-4-12(19-11)8-20-14(16)17/h2-6,14,18H,7-8H2,1H3. The van der Waals surface area contributed by atoms with Gasteiger partial charge in [0, 0.05) is 10.2 Å². The molecule has 1 heterocycles. The van der Waals surface area contributed by atoms with Gasteiger partial charge in [-0.05, 0) is 42.8 Å². The molecule has 0 radical (unpaired) electrons. The van der Waals surface area contributed by atoms with Crippen LogP contribution >= 0.6 is 27.7 Å². The first kappa shape index (κ1) is 15.4. The Kier molecular flexibility index (Phi) is 5.48. The Balaban J connectivity index is 1.90. The average Bonchev–Trinajstić information content (AvgIpc) is 2.83. The lowest BCUT2D eigenvalue weighted by Crippen LogP contribution is -1.99. The number of furan rings is 1. The first-order chi connectivity index (χ1) is 9.54. The second-order valence-corrected chi connectivity index (χ2v) is 6.15. The number of rotatable bonds is 6. The van der Waals surface area contributed by atoms with Gasteiger partial charge in [0.25, 0.3) is 5.76 Å². The maximum atomic E-state index is 12.1. The minimum Gasteiger partial charge on any atom is -0.463 e. The van der Waals surface area contributed by atoms with E-state index in [1.807, 2.05) is 31.2 Å². The fourth-order valence-corrected chi connectivity index (χ4v) is 2.67. The zero-order valence-corrected chi connectivity index (χ0v) is 13.2. The Labute approximate surface area is 129 Å². The van der Waals surface area contributed by atoms with E-state index in [0.29, 0.717) is 24.1 Å². The van der Waals surface area contributed by atoms with Gasteiger partial charge in [0.15, 0.2) is 0 Å². The highest BCUT2D eigenvalue weighted by atomic mass is 79.9. The lowest BCUT2D eigenvalue weighted by Gasteiger charge is -2.08. The molecule has 0 amide bonds. The van der Waals surface area contributed by atoms with Crippen molar-refractivity contribution in [3.05, 3.63) is 51.9 Å². The van der Waals surface area contributed by atoms with Gasteiger partial charge >= 0.3 is 0 Å². The third-order valence-electron chi connectivity index (χ3n) is 2.71. The maximum absolute atomic E-state index is 12.1. The quantitative estimate of drug-likeness (QED) is 0.743. The average molecular weight is 362 g/mol. The highest BCUT2D eigenvalue weighted by Crippen LogP contribution is 2.23. The fourth-order valence-electron chi connectivity index (χ4n) is 1.75. The highest BCUT2D eigenvalue weighted by Gasteiger charge is 2.07. The fraction of sp³-hybridized carbons (Fsp3) is 0.286. The summed E-state index contributed by atoms with van der Waals surface area (Å²) in [7, 11) is 0. The van der Waals surface area contributed by atoms with E-state index in [-0.39, 0.29) is 5.75 Å². The molecule has 108 valence electrons. The summed E-state index contributed by atoms with van der Waals surface area (Å²) in [5, 5.41) is 3.27. The first-order valence-corrected chi connectivity index (χ1v) is 7.86. The van der Waals surface area contributed by atoms with Crippen LogP contribution in [-0.2, 0) is 12.3 Å². The van der Waals surface area contributed by atoms with Crippen LogP contribution in [0.15, 0.2) is 39.2 Å². The van der Waals surface area contributed by atoms with E-state index in [1.54, 1.807) is 6.07 Å². The van der Waals surface area contributed by atoms with Crippen molar-refractivity contribution in [2.75, 3.05) is 5.32 Å². The summed E-state index contributed by atoms with van der Waals surface area (Å²) in [5.74, 6) is -0.876. The predicted molar refractivity (Wildman–Crippen MR) is 82.2 cm³/mol. The summed E-state index contributed by atoms with van der Waals surface area (Å²) in [5.41, 5.74) is 2.15. The maximum Gasteiger partial charge on any atom is 0.284 e. The smallest absolute Gasteiger partial charge is 0.284 e. The van der Waals surface area contributed by atoms with Crippen molar-refractivity contribution in [2.45, 2.75) is 25.0 Å². The van der Waals surface area contributed by atoms with E-state index in [0.717, 1.165) is 21.5 Å². The number of halogens is 3. The molecule has 2 nitrogen and oxygen atoms in total. The van der Waals surface area contributed by atoms with Crippen molar-refractivity contribution in [3.63, 3.8) is 0 Å². The van der Waals surface area contributed by atoms with E-state index >= 15 is 0 Å². The van der Waals surface area contributed by atoms with Gasteiger partial charge in [-0.15, -0.1) is 0 Å². The summed E-state index contributed by atoms with van der Waals surface area (Å²) < 4.78 is 30.7. The molecule has 1 aromatic heterocycles. The highest BCUT2D eigenvalue weighted by molar-refractivity contribution is 9.10. The monoisotopic (exact) mass is 361 g/mol. The Morgan fingerprint density at radius 1 is 1.25 bits per heavy atom. The molecule has 2 rings (SSSR count). The molecular weight excluding hydrogens is 348 g/mol. The minimum atomic E-state index is -2.37. The molecule has 0 atom stereocenters. The largest absolute Gasteiger partial charge is 0.463 e. The molecule has 0 spiro atoms. The van der Waals surface area contributed by atoms with Gasteiger partial charge in [-0.25, -0.2) is 0 Å². The molecular formula is C14H14BrF2NOS. The van der Waals surface area contributed by atoms with Gasteiger partial charge in [-0.2, -0.15) is 8.78 Å². The normalized spacial score (nSPS) is 11.1. The van der Waals surface area contributed by atoms with E-state index in [2.05, 4.69) is 21.2 Å². The molecule has 0 bridgehead atoms. The van der Waals surface area contributed by atoms with Gasteiger partial charge in [0.2, 0.25) is 0 Å². The molecule has 20 heavy (non-hydrogen) atoms. The van der Waals surface area contributed by atoms with Crippen molar-refractivity contribution < 1.29 is 13.2 Å². The molecule has 0 aliphatic carbocycles. The van der Waals surface area contributed by atoms with Crippen LogP contribution in [0.2, 0.25) is 0 Å². The number of benzene rings is 1. The molecule has 0 aliphatic heterocycles. The van der Waals surface area contributed by atoms with E-state index in [9.17, 15) is 8.78 Å². The first-order valence-electron chi connectivity index (χ1n) is 6.02.